The molecule has 11 rings (SSSR count). The van der Waals surface area contributed by atoms with Crippen molar-refractivity contribution < 1.29 is 8.83 Å². The van der Waals surface area contributed by atoms with Gasteiger partial charge in [0.1, 0.15) is 27.5 Å². The van der Waals surface area contributed by atoms with Crippen LogP contribution in [-0.2, 0) is 0 Å². The van der Waals surface area contributed by atoms with Crippen LogP contribution >= 0.6 is 10.5 Å². The van der Waals surface area contributed by atoms with E-state index in [0.717, 1.165) is 93.7 Å². The fraction of sp³-hybridized carbons (Fsp3) is 0. The molecular weight excluding hydrogens is 550 g/mol. The summed E-state index contributed by atoms with van der Waals surface area (Å²) in [6.45, 7) is 0. The molecule has 0 fully saturated rings. The summed E-state index contributed by atoms with van der Waals surface area (Å²) in [6.07, 6.45) is 0. The van der Waals surface area contributed by atoms with Crippen molar-refractivity contribution in [3.8, 4) is 28.3 Å². The first kappa shape index (κ1) is 22.2. The van der Waals surface area contributed by atoms with Crippen LogP contribution in [0.2, 0.25) is 0 Å². The first-order valence-corrected chi connectivity index (χ1v) is 15.6. The van der Waals surface area contributed by atoms with Crippen LogP contribution in [0.4, 0.5) is 0 Å². The Balaban J connectivity index is 1.30. The quantitative estimate of drug-likeness (QED) is 0.185. The molecule has 2 aliphatic heterocycles. The van der Waals surface area contributed by atoms with Crippen LogP contribution in [0.15, 0.2) is 128 Å². The maximum Gasteiger partial charge on any atom is 0.171 e. The number of benzene rings is 5. The highest BCUT2D eigenvalue weighted by atomic mass is 32.2. The molecule has 1 unspecified atom stereocenters. The minimum atomic E-state index is -0.403. The summed E-state index contributed by atoms with van der Waals surface area (Å²) in [7, 11) is -0.403. The molecule has 0 bridgehead atoms. The summed E-state index contributed by atoms with van der Waals surface area (Å²) in [4.78, 5) is 10.5. The normalized spacial score (nSPS) is 14.9. The Morgan fingerprint density at radius 1 is 0.605 bits per heavy atom. The van der Waals surface area contributed by atoms with Gasteiger partial charge in [0.15, 0.2) is 5.82 Å². The zero-order valence-electron chi connectivity index (χ0n) is 22.5. The lowest BCUT2D eigenvalue weighted by molar-refractivity contribution is 0.629. The van der Waals surface area contributed by atoms with Crippen LogP contribution in [0, 0.1) is 0 Å². The predicted octanol–water partition coefficient (Wildman–Crippen LogP) is 9.72. The minimum Gasteiger partial charge on any atom is -0.456 e. The molecule has 6 heteroatoms. The van der Waals surface area contributed by atoms with E-state index in [9.17, 15) is 0 Å². The molecule has 0 N–H and O–H groups in total. The van der Waals surface area contributed by atoms with Crippen LogP contribution in [-0.4, -0.2) is 19.9 Å². The molecule has 1 atom stereocenters. The standard InChI is InChI=1S/C37H19N3O2S/c1-5-14-29-22(8-1)25-18-20(16-17-31(25)41-29)21-10-7-11-24-32-34-26(23-9-2-6-15-30(23)42-34)19-43-36-35(40(33(21)24)37(32)43)38-27-12-3-4-13-28(27)39-36/h1-19H. The Labute approximate surface area is 246 Å². The molecular formula is C37H19N3O2S. The van der Waals surface area contributed by atoms with E-state index in [0.29, 0.717) is 0 Å². The average molecular weight is 570 g/mol. The number of hydrogen-bond donors (Lipinski definition) is 0. The van der Waals surface area contributed by atoms with Gasteiger partial charge in [0, 0.05) is 32.7 Å². The Morgan fingerprint density at radius 2 is 1.33 bits per heavy atom. The summed E-state index contributed by atoms with van der Waals surface area (Å²) < 4.78 is 15.2. The molecule has 2 aliphatic rings. The molecule has 9 aromatic rings. The van der Waals surface area contributed by atoms with Crippen LogP contribution in [0.25, 0.3) is 83.1 Å². The number of fused-ring (bicyclic) bond motifs is 14. The van der Waals surface area contributed by atoms with Crippen molar-refractivity contribution in [1.29, 1.82) is 0 Å². The van der Waals surface area contributed by atoms with Crippen molar-refractivity contribution in [2.24, 2.45) is 0 Å². The third-order valence-electron chi connectivity index (χ3n) is 8.88. The highest BCUT2D eigenvalue weighted by Gasteiger charge is 2.38. The fourth-order valence-electron chi connectivity index (χ4n) is 7.03. The van der Waals surface area contributed by atoms with Gasteiger partial charge in [0.25, 0.3) is 0 Å². The van der Waals surface area contributed by atoms with Crippen molar-refractivity contribution in [3.05, 3.63) is 115 Å². The van der Waals surface area contributed by atoms with E-state index in [1.807, 2.05) is 36.4 Å². The zero-order chi connectivity index (χ0) is 27.8. The summed E-state index contributed by atoms with van der Waals surface area (Å²) in [6, 6.07) is 37.8. The van der Waals surface area contributed by atoms with E-state index in [2.05, 4.69) is 82.7 Å². The van der Waals surface area contributed by atoms with Crippen LogP contribution in [0.5, 0.6) is 0 Å². The molecule has 0 saturated carbocycles. The van der Waals surface area contributed by atoms with Crippen molar-refractivity contribution in [2.75, 3.05) is 0 Å². The maximum absolute atomic E-state index is 6.64. The van der Waals surface area contributed by atoms with Crippen LogP contribution in [0.3, 0.4) is 0 Å². The van der Waals surface area contributed by atoms with Crippen molar-refractivity contribution in [1.82, 2.24) is 14.5 Å². The van der Waals surface area contributed by atoms with Gasteiger partial charge in [-0.1, -0.05) is 83.3 Å². The second kappa shape index (κ2) is 7.68. The smallest absolute Gasteiger partial charge is 0.171 e. The Bertz CT molecular complexity index is 2740. The predicted molar refractivity (Wildman–Crippen MR) is 174 cm³/mol. The lowest BCUT2D eigenvalue weighted by atomic mass is 9.98. The van der Waals surface area contributed by atoms with Gasteiger partial charge in [-0.05, 0) is 47.3 Å². The second-order valence-corrected chi connectivity index (χ2v) is 12.8. The highest BCUT2D eigenvalue weighted by Crippen LogP contribution is 2.59. The van der Waals surface area contributed by atoms with Crippen LogP contribution < -0.4 is 0 Å². The molecule has 0 aliphatic carbocycles. The van der Waals surface area contributed by atoms with E-state index in [1.54, 1.807) is 0 Å². The van der Waals surface area contributed by atoms with Gasteiger partial charge in [-0.2, -0.15) is 0 Å². The van der Waals surface area contributed by atoms with Gasteiger partial charge < -0.3 is 8.83 Å². The molecule has 0 radical (unpaired) electrons. The van der Waals surface area contributed by atoms with Gasteiger partial charge in [-0.25, -0.2) is 9.97 Å². The van der Waals surface area contributed by atoms with E-state index < -0.39 is 10.5 Å². The van der Waals surface area contributed by atoms with Crippen molar-refractivity contribution >= 4 is 70.7 Å². The van der Waals surface area contributed by atoms with E-state index in [1.165, 1.54) is 5.03 Å². The maximum atomic E-state index is 6.64. The van der Waals surface area contributed by atoms with E-state index in [-0.39, 0.29) is 0 Å². The van der Waals surface area contributed by atoms with E-state index >= 15 is 0 Å². The first-order valence-electron chi connectivity index (χ1n) is 14.3. The molecule has 6 heterocycles. The largest absolute Gasteiger partial charge is 0.456 e. The molecule has 200 valence electrons. The SMILES string of the molecule is C1=S2c3nc4ccccc4nc3-n3c2c(c2cccc(-c4ccc5oc6ccccc6c5c4)c23)-c2oc3ccccc3c21. The average Bonchev–Trinajstić information content (AvgIpc) is 3.79. The number of hydrogen-bond acceptors (Lipinski definition) is 4. The molecule has 4 aromatic heterocycles. The number of furan rings is 2. The Morgan fingerprint density at radius 3 is 2.21 bits per heavy atom. The molecule has 0 amide bonds. The summed E-state index contributed by atoms with van der Waals surface area (Å²) in [5.74, 6) is 1.83. The van der Waals surface area contributed by atoms with Gasteiger partial charge in [-0.15, -0.1) is 0 Å². The molecule has 0 saturated heterocycles. The third kappa shape index (κ3) is 2.72. The van der Waals surface area contributed by atoms with Gasteiger partial charge in [-0.3, -0.25) is 4.57 Å². The van der Waals surface area contributed by atoms with Gasteiger partial charge in [0.2, 0.25) is 0 Å². The summed E-state index contributed by atoms with van der Waals surface area (Å²) in [5, 5.41) is 9.10. The fourth-order valence-corrected chi connectivity index (χ4v) is 9.23. The lowest BCUT2D eigenvalue weighted by Crippen LogP contribution is -1.98. The summed E-state index contributed by atoms with van der Waals surface area (Å²) in [5.41, 5.74) is 10.2. The molecule has 43 heavy (non-hydrogen) atoms. The van der Waals surface area contributed by atoms with Crippen LogP contribution in [0.1, 0.15) is 5.56 Å². The van der Waals surface area contributed by atoms with Crippen molar-refractivity contribution in [2.45, 2.75) is 10.1 Å². The molecule has 5 aromatic carbocycles. The highest BCUT2D eigenvalue weighted by molar-refractivity contribution is 8.15. The Hall–Kier alpha value is -5.46. The third-order valence-corrected chi connectivity index (χ3v) is 10.8. The van der Waals surface area contributed by atoms with Gasteiger partial charge in [0.05, 0.1) is 27.1 Å². The number of rotatable bonds is 1. The molecule has 5 nitrogen and oxygen atoms in total. The lowest BCUT2D eigenvalue weighted by Gasteiger charge is -2.12. The second-order valence-electron chi connectivity index (χ2n) is 11.2. The Kier molecular flexibility index (Phi) is 3.96. The molecule has 0 spiro atoms. The first-order chi connectivity index (χ1) is 21.3. The summed E-state index contributed by atoms with van der Waals surface area (Å²) >= 11 is 0. The topological polar surface area (TPSA) is 57.0 Å². The minimum absolute atomic E-state index is 0.403. The number of nitrogens with zero attached hydrogens (tertiary/aromatic N) is 3. The monoisotopic (exact) mass is 569 g/mol. The van der Waals surface area contributed by atoms with Gasteiger partial charge >= 0.3 is 0 Å². The van der Waals surface area contributed by atoms with E-state index in [4.69, 9.17) is 18.8 Å². The zero-order valence-corrected chi connectivity index (χ0v) is 23.4. The number of para-hydroxylation sites is 5. The van der Waals surface area contributed by atoms with Crippen molar-refractivity contribution in [3.63, 3.8) is 0 Å². The number of aromatic nitrogens is 3.